The fourth-order valence-electron chi connectivity index (χ4n) is 1.18. The zero-order chi connectivity index (χ0) is 11.3. The van der Waals surface area contributed by atoms with Crippen LogP contribution in [0.1, 0.15) is 12.0 Å². The van der Waals surface area contributed by atoms with Crippen molar-refractivity contribution in [3.05, 3.63) is 29.8 Å². The lowest BCUT2D eigenvalue weighted by molar-refractivity contribution is 0.484. The molecule has 0 fully saturated rings. The number of sulfone groups is 1. The minimum absolute atomic E-state index is 0.0130. The Bertz CT molecular complexity index is 476. The molecule has 0 aromatic heterocycles. The fourth-order valence-corrected chi connectivity index (χ4v) is 2.63. The molecule has 0 radical (unpaired) electrons. The van der Waals surface area contributed by atoms with Crippen molar-refractivity contribution >= 4 is 9.84 Å². The lowest BCUT2D eigenvalue weighted by Gasteiger charge is -2.04. The third-order valence-corrected chi connectivity index (χ3v) is 3.74. The van der Waals surface area contributed by atoms with Crippen molar-refractivity contribution in [3.63, 3.8) is 0 Å². The zero-order valence-corrected chi connectivity index (χ0v) is 8.80. The molecular weight excluding hydrogens is 217 g/mol. The highest BCUT2D eigenvalue weighted by atomic mass is 32.2. The monoisotopic (exact) mass is 227 g/mol. The topological polar surface area (TPSA) is 57.9 Å². The number of nitrogens with zero attached hydrogens (tertiary/aromatic N) is 1. The van der Waals surface area contributed by atoms with E-state index in [9.17, 15) is 12.8 Å². The van der Waals surface area contributed by atoms with Crippen LogP contribution in [-0.4, -0.2) is 20.8 Å². The summed E-state index contributed by atoms with van der Waals surface area (Å²) in [6, 6.07) is 7.74. The van der Waals surface area contributed by atoms with Gasteiger partial charge in [-0.1, -0.05) is 12.1 Å². The van der Waals surface area contributed by atoms with Gasteiger partial charge in [0.1, 0.15) is 6.07 Å². The molecule has 1 rings (SSSR count). The summed E-state index contributed by atoms with van der Waals surface area (Å²) in [4.78, 5) is -0.0130. The second-order valence-corrected chi connectivity index (χ2v) is 5.05. The maximum absolute atomic E-state index is 11.9. The summed E-state index contributed by atoms with van der Waals surface area (Å²) in [7, 11) is -3.53. The minimum Gasteiger partial charge on any atom is -0.251 e. The van der Waals surface area contributed by atoms with E-state index < -0.39 is 16.5 Å². The molecule has 0 saturated heterocycles. The molecule has 0 aliphatic carbocycles. The van der Waals surface area contributed by atoms with Gasteiger partial charge in [-0.3, -0.25) is 4.39 Å². The number of rotatable bonds is 4. The fraction of sp³-hybridized carbons (Fsp3) is 0.300. The van der Waals surface area contributed by atoms with Gasteiger partial charge in [0, 0.05) is 0 Å². The molecule has 5 heteroatoms. The van der Waals surface area contributed by atoms with Gasteiger partial charge < -0.3 is 0 Å². The van der Waals surface area contributed by atoms with Crippen LogP contribution in [-0.2, 0) is 9.84 Å². The molecular formula is C10H10FNO2S. The Morgan fingerprint density at radius 1 is 1.33 bits per heavy atom. The van der Waals surface area contributed by atoms with Gasteiger partial charge in [-0.25, -0.2) is 8.42 Å². The molecule has 0 aliphatic rings. The highest BCUT2D eigenvalue weighted by Crippen LogP contribution is 2.16. The third-order valence-electron chi connectivity index (χ3n) is 1.89. The van der Waals surface area contributed by atoms with Crippen molar-refractivity contribution in [1.29, 1.82) is 5.26 Å². The van der Waals surface area contributed by atoms with E-state index in [0.29, 0.717) is 0 Å². The number of hydrogen-bond donors (Lipinski definition) is 0. The average Bonchev–Trinajstić information content (AvgIpc) is 2.26. The summed E-state index contributed by atoms with van der Waals surface area (Å²) in [5.74, 6) is -0.262. The van der Waals surface area contributed by atoms with E-state index in [2.05, 4.69) is 0 Å². The first kappa shape index (κ1) is 11.7. The molecule has 3 nitrogen and oxygen atoms in total. The predicted octanol–water partition coefficient (Wildman–Crippen LogP) is 1.69. The van der Waals surface area contributed by atoms with Crippen LogP contribution in [0, 0.1) is 11.3 Å². The van der Waals surface area contributed by atoms with E-state index in [0.717, 1.165) is 0 Å². The molecule has 0 spiro atoms. The molecule has 15 heavy (non-hydrogen) atoms. The van der Waals surface area contributed by atoms with Crippen molar-refractivity contribution < 1.29 is 12.8 Å². The van der Waals surface area contributed by atoms with Crippen LogP contribution in [0.5, 0.6) is 0 Å². The largest absolute Gasteiger partial charge is 0.251 e. The van der Waals surface area contributed by atoms with Crippen LogP contribution < -0.4 is 0 Å². The second-order valence-electron chi connectivity index (χ2n) is 2.97. The van der Waals surface area contributed by atoms with E-state index >= 15 is 0 Å². The normalized spacial score (nSPS) is 10.9. The van der Waals surface area contributed by atoms with Crippen molar-refractivity contribution in [3.8, 4) is 6.07 Å². The SMILES string of the molecule is N#Cc1ccccc1S(=O)(=O)CCCF. The maximum atomic E-state index is 11.9. The Kier molecular flexibility index (Phi) is 3.81. The summed E-state index contributed by atoms with van der Waals surface area (Å²) < 4.78 is 35.2. The number of nitriles is 1. The highest BCUT2D eigenvalue weighted by Gasteiger charge is 2.17. The zero-order valence-electron chi connectivity index (χ0n) is 7.98. The van der Waals surface area contributed by atoms with E-state index in [1.165, 1.54) is 12.1 Å². The van der Waals surface area contributed by atoms with Gasteiger partial charge >= 0.3 is 0 Å². The predicted molar refractivity (Wildman–Crippen MR) is 53.8 cm³/mol. The second kappa shape index (κ2) is 4.89. The lowest BCUT2D eigenvalue weighted by atomic mass is 10.2. The lowest BCUT2D eigenvalue weighted by Crippen LogP contribution is -2.09. The van der Waals surface area contributed by atoms with Crippen molar-refractivity contribution in [1.82, 2.24) is 0 Å². The number of hydrogen-bond acceptors (Lipinski definition) is 3. The smallest absolute Gasteiger partial charge is 0.179 e. The quantitative estimate of drug-likeness (QED) is 0.786. The van der Waals surface area contributed by atoms with Gasteiger partial charge in [0.2, 0.25) is 0 Å². The van der Waals surface area contributed by atoms with Crippen LogP contribution >= 0.6 is 0 Å². The molecule has 0 unspecified atom stereocenters. The van der Waals surface area contributed by atoms with Gasteiger partial charge in [0.15, 0.2) is 9.84 Å². The van der Waals surface area contributed by atoms with Crippen LogP contribution in [0.3, 0.4) is 0 Å². The molecule has 0 saturated carbocycles. The Hall–Kier alpha value is -1.41. The summed E-state index contributed by atoms with van der Waals surface area (Å²) in [5, 5.41) is 8.72. The summed E-state index contributed by atoms with van der Waals surface area (Å²) in [6.07, 6.45) is -0.0396. The Morgan fingerprint density at radius 2 is 2.00 bits per heavy atom. The van der Waals surface area contributed by atoms with E-state index in [1.54, 1.807) is 18.2 Å². The summed E-state index contributed by atoms with van der Waals surface area (Å²) in [6.45, 7) is -0.673. The van der Waals surface area contributed by atoms with Crippen LogP contribution in [0.2, 0.25) is 0 Å². The van der Waals surface area contributed by atoms with Gasteiger partial charge in [-0.15, -0.1) is 0 Å². The minimum atomic E-state index is -3.53. The van der Waals surface area contributed by atoms with Crippen LogP contribution in [0.25, 0.3) is 0 Å². The van der Waals surface area contributed by atoms with Crippen molar-refractivity contribution in [2.45, 2.75) is 11.3 Å². The van der Waals surface area contributed by atoms with Crippen molar-refractivity contribution in [2.75, 3.05) is 12.4 Å². The Labute approximate surface area is 88.1 Å². The number of halogens is 1. The molecule has 0 N–H and O–H groups in total. The maximum Gasteiger partial charge on any atom is 0.179 e. The molecule has 0 amide bonds. The highest BCUT2D eigenvalue weighted by molar-refractivity contribution is 7.91. The Balaban J connectivity index is 3.11. The first-order valence-electron chi connectivity index (χ1n) is 4.39. The molecule has 0 bridgehead atoms. The van der Waals surface area contributed by atoms with Gasteiger partial charge in [0.05, 0.1) is 22.9 Å². The number of alkyl halides is 1. The van der Waals surface area contributed by atoms with E-state index in [1.807, 2.05) is 0 Å². The molecule has 0 aliphatic heterocycles. The molecule has 80 valence electrons. The van der Waals surface area contributed by atoms with Crippen LogP contribution in [0.15, 0.2) is 29.2 Å². The van der Waals surface area contributed by atoms with E-state index in [4.69, 9.17) is 5.26 Å². The molecule has 0 atom stereocenters. The first-order chi connectivity index (χ1) is 7.11. The Morgan fingerprint density at radius 3 is 2.60 bits per heavy atom. The molecule has 1 aromatic rings. The van der Waals surface area contributed by atoms with Gasteiger partial charge in [-0.05, 0) is 18.6 Å². The van der Waals surface area contributed by atoms with Gasteiger partial charge in [-0.2, -0.15) is 5.26 Å². The van der Waals surface area contributed by atoms with Crippen molar-refractivity contribution in [2.24, 2.45) is 0 Å². The third kappa shape index (κ3) is 2.77. The van der Waals surface area contributed by atoms with Gasteiger partial charge in [0.25, 0.3) is 0 Å². The first-order valence-corrected chi connectivity index (χ1v) is 6.05. The number of benzene rings is 1. The standard InChI is InChI=1S/C10H10FNO2S/c11-6-3-7-15(13,14)10-5-2-1-4-9(10)8-12/h1-2,4-5H,3,6-7H2. The van der Waals surface area contributed by atoms with Crippen LogP contribution in [0.4, 0.5) is 4.39 Å². The summed E-state index contributed by atoms with van der Waals surface area (Å²) >= 11 is 0. The molecule has 1 aromatic carbocycles. The molecule has 0 heterocycles. The average molecular weight is 227 g/mol. The summed E-state index contributed by atoms with van der Waals surface area (Å²) in [5.41, 5.74) is 0.108. The van der Waals surface area contributed by atoms with E-state index in [-0.39, 0.29) is 22.6 Å².